The highest BCUT2D eigenvalue weighted by Crippen LogP contribution is 2.42. The van der Waals surface area contributed by atoms with E-state index in [1.54, 1.807) is 18.2 Å². The summed E-state index contributed by atoms with van der Waals surface area (Å²) in [4.78, 5) is 11.3. The van der Waals surface area contributed by atoms with Gasteiger partial charge in [-0.25, -0.2) is 0 Å². The molecule has 0 radical (unpaired) electrons. The van der Waals surface area contributed by atoms with E-state index in [0.717, 1.165) is 18.5 Å². The van der Waals surface area contributed by atoms with E-state index in [1.807, 2.05) is 12.1 Å². The summed E-state index contributed by atoms with van der Waals surface area (Å²) in [5, 5.41) is 19.8. The Morgan fingerprint density at radius 3 is 2.50 bits per heavy atom. The number of anilines is 2. The van der Waals surface area contributed by atoms with Gasteiger partial charge in [-0.15, -0.1) is 0 Å². The number of nitrogens with one attached hydrogen (secondary N) is 2. The van der Waals surface area contributed by atoms with Gasteiger partial charge in [0.15, 0.2) is 11.5 Å². The van der Waals surface area contributed by atoms with Crippen LogP contribution in [0.25, 0.3) is 0 Å². The first-order valence-electron chi connectivity index (χ1n) is 7.49. The van der Waals surface area contributed by atoms with Crippen LogP contribution < -0.4 is 20.5 Å². The van der Waals surface area contributed by atoms with Crippen LogP contribution in [-0.2, 0) is 4.79 Å². The number of aliphatic hydroxyl groups is 1. The van der Waals surface area contributed by atoms with E-state index in [-0.39, 0.29) is 19.0 Å². The molecular weight excluding hydrogens is 564 g/mol. The second-order valence-corrected chi connectivity index (χ2v) is 7.40. The van der Waals surface area contributed by atoms with Gasteiger partial charge in [-0.2, -0.15) is 0 Å². The first-order chi connectivity index (χ1) is 12.3. The first kappa shape index (κ1) is 20.7. The van der Waals surface area contributed by atoms with Gasteiger partial charge in [0.25, 0.3) is 0 Å². The minimum atomic E-state index is -0.453. The predicted molar refractivity (Wildman–Crippen MR) is 117 cm³/mol. The molecule has 0 bridgehead atoms. The number of aliphatic hydroxyl groups excluding tert-OH is 1. The first-order valence-corrected chi connectivity index (χ1v) is 9.64. The maximum Gasteiger partial charge on any atom is 0.308 e. The van der Waals surface area contributed by atoms with Gasteiger partial charge in [-0.3, -0.25) is 10.2 Å². The van der Waals surface area contributed by atoms with Crippen LogP contribution in [0.1, 0.15) is 12.5 Å². The van der Waals surface area contributed by atoms with E-state index in [0.29, 0.717) is 17.1 Å². The lowest BCUT2D eigenvalue weighted by molar-refractivity contribution is -0.132. The van der Waals surface area contributed by atoms with E-state index < -0.39 is 5.97 Å². The molecule has 0 aromatic heterocycles. The Kier molecular flexibility index (Phi) is 7.46. The lowest BCUT2D eigenvalue weighted by Gasteiger charge is -2.18. The standard InChI is InChI=1S/C17H17I2N3O4/c1-9(24)26-13-8-12(18)15(14(19)16(13)25-7-6-23)22-11-4-2-10(3-5-11)17(20)21/h2-5,8,22-23H,6-7H2,1H3,(H3,20,21). The fraction of sp³-hybridized carbons (Fsp3) is 0.176. The quantitative estimate of drug-likeness (QED) is 0.131. The van der Waals surface area contributed by atoms with Gasteiger partial charge < -0.3 is 25.6 Å². The zero-order chi connectivity index (χ0) is 19.3. The van der Waals surface area contributed by atoms with Crippen LogP contribution in [0.15, 0.2) is 30.3 Å². The van der Waals surface area contributed by atoms with Crippen molar-refractivity contribution in [1.82, 2.24) is 0 Å². The molecule has 2 aromatic rings. The Morgan fingerprint density at radius 1 is 1.31 bits per heavy atom. The molecule has 0 aliphatic heterocycles. The summed E-state index contributed by atoms with van der Waals surface area (Å²) in [6, 6.07) is 8.83. The molecule has 0 saturated carbocycles. The Balaban J connectivity index is 2.40. The number of hydrogen-bond acceptors (Lipinski definition) is 6. The van der Waals surface area contributed by atoms with Crippen molar-refractivity contribution < 1.29 is 19.4 Å². The van der Waals surface area contributed by atoms with Crippen LogP contribution >= 0.6 is 45.2 Å². The van der Waals surface area contributed by atoms with Gasteiger partial charge in [0, 0.05) is 27.8 Å². The highest BCUT2D eigenvalue weighted by atomic mass is 127. The summed E-state index contributed by atoms with van der Waals surface area (Å²) < 4.78 is 12.4. The van der Waals surface area contributed by atoms with Crippen molar-refractivity contribution in [3.63, 3.8) is 0 Å². The average Bonchev–Trinajstić information content (AvgIpc) is 2.58. The normalized spacial score (nSPS) is 10.3. The van der Waals surface area contributed by atoms with Crippen LogP contribution in [0.2, 0.25) is 0 Å². The zero-order valence-electron chi connectivity index (χ0n) is 13.8. The third kappa shape index (κ3) is 5.20. The molecule has 2 aromatic carbocycles. The summed E-state index contributed by atoms with van der Waals surface area (Å²) in [7, 11) is 0. The van der Waals surface area contributed by atoms with Gasteiger partial charge in [-0.05, 0) is 69.4 Å². The summed E-state index contributed by atoms with van der Waals surface area (Å²) >= 11 is 4.24. The molecule has 0 spiro atoms. The fourth-order valence-electron chi connectivity index (χ4n) is 2.08. The van der Waals surface area contributed by atoms with E-state index in [4.69, 9.17) is 25.7 Å². The third-order valence-corrected chi connectivity index (χ3v) is 5.08. The van der Waals surface area contributed by atoms with Gasteiger partial charge in [0.05, 0.1) is 15.9 Å². The SMILES string of the molecule is CC(=O)Oc1cc(I)c(Nc2ccc(C(=N)N)cc2)c(I)c1OCCO. The molecule has 5 N–H and O–H groups in total. The molecule has 26 heavy (non-hydrogen) atoms. The number of amidine groups is 1. The van der Waals surface area contributed by atoms with Gasteiger partial charge in [0.1, 0.15) is 12.4 Å². The smallest absolute Gasteiger partial charge is 0.308 e. The molecule has 0 aliphatic carbocycles. The van der Waals surface area contributed by atoms with Gasteiger partial charge >= 0.3 is 5.97 Å². The number of halogens is 2. The van der Waals surface area contributed by atoms with Gasteiger partial charge in [0.2, 0.25) is 0 Å². The number of hydrogen-bond donors (Lipinski definition) is 4. The number of ether oxygens (including phenoxy) is 2. The van der Waals surface area contributed by atoms with Crippen molar-refractivity contribution in [1.29, 1.82) is 5.41 Å². The lowest BCUT2D eigenvalue weighted by atomic mass is 10.2. The Morgan fingerprint density at radius 2 is 1.96 bits per heavy atom. The van der Waals surface area contributed by atoms with Crippen LogP contribution in [0.5, 0.6) is 11.5 Å². The summed E-state index contributed by atoms with van der Waals surface area (Å²) in [5.41, 5.74) is 7.69. The number of nitrogen functional groups attached to an aromatic ring is 1. The summed E-state index contributed by atoms with van der Waals surface area (Å²) in [5.74, 6) is 0.243. The molecule has 0 atom stereocenters. The van der Waals surface area contributed by atoms with Gasteiger partial charge in [-0.1, -0.05) is 0 Å². The minimum absolute atomic E-state index is 0.00568. The number of rotatable bonds is 7. The Labute approximate surface area is 178 Å². The van der Waals surface area contributed by atoms with Crippen molar-refractivity contribution in [2.45, 2.75) is 6.92 Å². The average molecular weight is 581 g/mol. The number of carbonyl (C=O) groups excluding carboxylic acids is 1. The second-order valence-electron chi connectivity index (χ2n) is 5.16. The molecule has 0 amide bonds. The maximum absolute atomic E-state index is 11.3. The number of nitrogens with two attached hydrogens (primary N) is 1. The molecule has 0 saturated heterocycles. The van der Waals surface area contributed by atoms with Crippen molar-refractivity contribution in [3.05, 3.63) is 43.0 Å². The van der Waals surface area contributed by atoms with Crippen LogP contribution in [-0.4, -0.2) is 30.1 Å². The Bertz CT molecular complexity index is 826. The van der Waals surface area contributed by atoms with E-state index in [2.05, 4.69) is 50.5 Å². The molecule has 7 nitrogen and oxygen atoms in total. The maximum atomic E-state index is 11.3. The summed E-state index contributed by atoms with van der Waals surface area (Å²) in [6.45, 7) is 1.24. The predicted octanol–water partition coefficient (Wildman–Crippen LogP) is 3.22. The highest BCUT2D eigenvalue weighted by Gasteiger charge is 2.19. The Hall–Kier alpha value is -1.60. The van der Waals surface area contributed by atoms with E-state index in [1.165, 1.54) is 6.92 Å². The number of esters is 1. The number of benzene rings is 2. The monoisotopic (exact) mass is 581 g/mol. The van der Waals surface area contributed by atoms with Crippen LogP contribution in [0.4, 0.5) is 11.4 Å². The van der Waals surface area contributed by atoms with E-state index >= 15 is 0 Å². The van der Waals surface area contributed by atoms with Crippen LogP contribution in [0.3, 0.4) is 0 Å². The second kappa shape index (κ2) is 9.37. The molecule has 0 heterocycles. The van der Waals surface area contributed by atoms with E-state index in [9.17, 15) is 4.79 Å². The molecular formula is C17H17I2N3O4. The number of carbonyl (C=O) groups is 1. The molecule has 9 heteroatoms. The molecule has 2 rings (SSSR count). The van der Waals surface area contributed by atoms with Crippen molar-refractivity contribution in [3.8, 4) is 11.5 Å². The topological polar surface area (TPSA) is 118 Å². The molecule has 0 unspecified atom stereocenters. The fourth-order valence-corrected chi connectivity index (χ4v) is 4.13. The lowest BCUT2D eigenvalue weighted by Crippen LogP contribution is -2.11. The zero-order valence-corrected chi connectivity index (χ0v) is 18.1. The third-order valence-electron chi connectivity index (χ3n) is 3.20. The van der Waals surface area contributed by atoms with Crippen molar-refractivity contribution >= 4 is 68.4 Å². The minimum Gasteiger partial charge on any atom is -0.486 e. The summed E-state index contributed by atoms with van der Waals surface area (Å²) in [6.07, 6.45) is 0. The van der Waals surface area contributed by atoms with Crippen molar-refractivity contribution in [2.24, 2.45) is 5.73 Å². The highest BCUT2D eigenvalue weighted by molar-refractivity contribution is 14.1. The van der Waals surface area contributed by atoms with Crippen molar-refractivity contribution in [2.75, 3.05) is 18.5 Å². The van der Waals surface area contributed by atoms with Crippen LogP contribution in [0, 0.1) is 12.5 Å². The molecule has 0 aliphatic rings. The largest absolute Gasteiger partial charge is 0.486 e. The molecule has 0 fully saturated rings. The molecule has 138 valence electrons.